The fourth-order valence-corrected chi connectivity index (χ4v) is 4.10. The third kappa shape index (κ3) is 3.82. The summed E-state index contributed by atoms with van der Waals surface area (Å²) in [6.07, 6.45) is 1.53. The van der Waals surface area contributed by atoms with Crippen molar-refractivity contribution in [1.82, 2.24) is 19.9 Å². The smallest absolute Gasteiger partial charge is 0.146 e. The van der Waals surface area contributed by atoms with Crippen molar-refractivity contribution in [1.29, 1.82) is 0 Å². The number of halogens is 2. The van der Waals surface area contributed by atoms with E-state index >= 15 is 0 Å². The molecule has 0 saturated carbocycles. The molecule has 0 spiro atoms. The molecule has 1 aliphatic rings. The van der Waals surface area contributed by atoms with Gasteiger partial charge in [0.2, 0.25) is 0 Å². The monoisotopic (exact) mass is 421 g/mol. The highest BCUT2D eigenvalue weighted by molar-refractivity contribution is 5.93. The zero-order valence-electron chi connectivity index (χ0n) is 16.7. The van der Waals surface area contributed by atoms with Gasteiger partial charge in [-0.1, -0.05) is 0 Å². The number of hydrogen-bond acceptors (Lipinski definition) is 5. The fraction of sp³-hybridized carbons (Fsp3) is 0.217. The van der Waals surface area contributed by atoms with Crippen LogP contribution >= 0.6 is 0 Å². The summed E-state index contributed by atoms with van der Waals surface area (Å²) in [7, 11) is 0. The average Bonchev–Trinajstić information content (AvgIpc) is 3.12. The predicted molar refractivity (Wildman–Crippen MR) is 115 cm³/mol. The summed E-state index contributed by atoms with van der Waals surface area (Å²) in [6.45, 7) is 3.66. The number of aromatic hydroxyl groups is 1. The van der Waals surface area contributed by atoms with Gasteiger partial charge in [-0.25, -0.2) is 18.7 Å². The first kappa shape index (κ1) is 19.4. The maximum atomic E-state index is 13.8. The van der Waals surface area contributed by atoms with Crippen LogP contribution in [0, 0.1) is 11.6 Å². The molecular formula is C23H21F2N5O. The number of rotatable bonds is 4. The Morgan fingerprint density at radius 2 is 1.65 bits per heavy atom. The number of piperazine rings is 1. The second kappa shape index (κ2) is 7.96. The van der Waals surface area contributed by atoms with Crippen LogP contribution in [0.25, 0.3) is 22.3 Å². The van der Waals surface area contributed by atoms with E-state index in [4.69, 9.17) is 0 Å². The molecular weight excluding hydrogens is 400 g/mol. The van der Waals surface area contributed by atoms with Crippen LogP contribution in [0.1, 0.15) is 5.56 Å². The Morgan fingerprint density at radius 1 is 0.935 bits per heavy atom. The molecule has 158 valence electrons. The molecule has 5 rings (SSSR count). The van der Waals surface area contributed by atoms with Crippen molar-refractivity contribution in [2.24, 2.45) is 0 Å². The minimum Gasteiger partial charge on any atom is -0.508 e. The number of benzene rings is 2. The van der Waals surface area contributed by atoms with E-state index in [0.717, 1.165) is 54.7 Å². The maximum absolute atomic E-state index is 13.8. The first-order valence-corrected chi connectivity index (χ1v) is 10.1. The molecule has 0 amide bonds. The third-order valence-corrected chi connectivity index (χ3v) is 5.51. The Hall–Kier alpha value is -3.52. The molecule has 1 fully saturated rings. The van der Waals surface area contributed by atoms with Crippen LogP contribution < -0.4 is 10.2 Å². The van der Waals surface area contributed by atoms with Crippen molar-refractivity contribution in [3.63, 3.8) is 0 Å². The minimum atomic E-state index is -0.617. The lowest BCUT2D eigenvalue weighted by Gasteiger charge is -2.28. The van der Waals surface area contributed by atoms with Crippen LogP contribution in [0.2, 0.25) is 0 Å². The Balaban J connectivity index is 1.68. The van der Waals surface area contributed by atoms with Crippen LogP contribution in [-0.4, -0.2) is 45.8 Å². The summed E-state index contributed by atoms with van der Waals surface area (Å²) in [4.78, 5) is 11.3. The minimum absolute atomic E-state index is 0.167. The Labute approximate surface area is 177 Å². The zero-order chi connectivity index (χ0) is 21.4. The van der Waals surface area contributed by atoms with E-state index in [1.165, 1.54) is 18.5 Å². The molecule has 1 aliphatic heterocycles. The summed E-state index contributed by atoms with van der Waals surface area (Å²) in [5, 5.41) is 13.9. The van der Waals surface area contributed by atoms with Crippen LogP contribution in [0.5, 0.6) is 5.75 Å². The number of anilines is 1. The van der Waals surface area contributed by atoms with Gasteiger partial charge in [-0.3, -0.25) is 0 Å². The van der Waals surface area contributed by atoms with Crippen molar-refractivity contribution < 1.29 is 13.9 Å². The van der Waals surface area contributed by atoms with Crippen molar-refractivity contribution in [3.05, 3.63) is 72.1 Å². The second-order valence-electron chi connectivity index (χ2n) is 7.61. The van der Waals surface area contributed by atoms with E-state index in [2.05, 4.69) is 20.2 Å². The van der Waals surface area contributed by atoms with Gasteiger partial charge in [-0.05, 0) is 53.6 Å². The SMILES string of the molecule is Oc1ccc(-c2cc3c(N4CCNCC4)ncnc3n2Cc2cc(F)cc(F)c2)cc1. The van der Waals surface area contributed by atoms with Crippen molar-refractivity contribution >= 4 is 16.9 Å². The number of nitrogens with zero attached hydrogens (tertiary/aromatic N) is 4. The van der Waals surface area contributed by atoms with Crippen molar-refractivity contribution in [3.8, 4) is 17.0 Å². The standard InChI is InChI=1S/C23H21F2N5O/c24-17-9-15(10-18(25)11-17)13-30-21(16-1-3-19(31)4-2-16)12-20-22(27-14-28-23(20)30)29-7-5-26-6-8-29/h1-4,9-12,14,26,31H,5-8,13H2. The van der Waals surface area contributed by atoms with Gasteiger partial charge >= 0.3 is 0 Å². The number of aromatic nitrogens is 3. The van der Waals surface area contributed by atoms with Gasteiger partial charge in [-0.2, -0.15) is 0 Å². The highest BCUT2D eigenvalue weighted by Gasteiger charge is 2.20. The summed E-state index contributed by atoms with van der Waals surface area (Å²) < 4.78 is 29.6. The second-order valence-corrected chi connectivity index (χ2v) is 7.61. The summed E-state index contributed by atoms with van der Waals surface area (Å²) >= 11 is 0. The summed E-state index contributed by atoms with van der Waals surface area (Å²) in [5.41, 5.74) is 2.88. The van der Waals surface area contributed by atoms with Gasteiger partial charge in [-0.15, -0.1) is 0 Å². The van der Waals surface area contributed by atoms with Crippen molar-refractivity contribution in [2.75, 3.05) is 31.1 Å². The molecule has 0 unspecified atom stereocenters. The molecule has 0 atom stereocenters. The lowest BCUT2D eigenvalue weighted by molar-refractivity contribution is 0.475. The molecule has 2 N–H and O–H groups in total. The van der Waals surface area contributed by atoms with Gasteiger partial charge in [0, 0.05) is 38.8 Å². The van der Waals surface area contributed by atoms with E-state index in [1.54, 1.807) is 12.1 Å². The molecule has 1 saturated heterocycles. The first-order chi connectivity index (χ1) is 15.1. The maximum Gasteiger partial charge on any atom is 0.146 e. The van der Waals surface area contributed by atoms with Crippen LogP contribution in [-0.2, 0) is 6.54 Å². The van der Waals surface area contributed by atoms with Gasteiger partial charge in [0.15, 0.2) is 0 Å². The van der Waals surface area contributed by atoms with Gasteiger partial charge in [0.1, 0.15) is 35.2 Å². The summed E-state index contributed by atoms with van der Waals surface area (Å²) in [6, 6.07) is 12.4. The molecule has 31 heavy (non-hydrogen) atoms. The third-order valence-electron chi connectivity index (χ3n) is 5.51. The van der Waals surface area contributed by atoms with E-state index < -0.39 is 11.6 Å². The molecule has 2 aromatic heterocycles. The zero-order valence-corrected chi connectivity index (χ0v) is 16.7. The highest BCUT2D eigenvalue weighted by Crippen LogP contribution is 2.33. The molecule has 2 aromatic carbocycles. The molecule has 4 aromatic rings. The van der Waals surface area contributed by atoms with Gasteiger partial charge in [0.25, 0.3) is 0 Å². The fourth-order valence-electron chi connectivity index (χ4n) is 4.10. The summed E-state index contributed by atoms with van der Waals surface area (Å²) in [5.74, 6) is -0.224. The normalized spacial score (nSPS) is 14.3. The van der Waals surface area contributed by atoms with Gasteiger partial charge < -0.3 is 19.9 Å². The largest absolute Gasteiger partial charge is 0.508 e. The molecule has 8 heteroatoms. The number of fused-ring (bicyclic) bond motifs is 1. The van der Waals surface area contributed by atoms with E-state index in [0.29, 0.717) is 11.2 Å². The topological polar surface area (TPSA) is 66.2 Å². The molecule has 6 nitrogen and oxygen atoms in total. The lowest BCUT2D eigenvalue weighted by Crippen LogP contribution is -2.44. The number of hydrogen-bond donors (Lipinski definition) is 2. The Kier molecular flexibility index (Phi) is 4.99. The van der Waals surface area contributed by atoms with E-state index in [9.17, 15) is 13.9 Å². The van der Waals surface area contributed by atoms with Crippen LogP contribution in [0.15, 0.2) is 54.9 Å². The van der Waals surface area contributed by atoms with E-state index in [-0.39, 0.29) is 12.3 Å². The first-order valence-electron chi connectivity index (χ1n) is 10.1. The molecule has 3 heterocycles. The molecule has 0 aliphatic carbocycles. The Bertz CT molecular complexity index is 1210. The predicted octanol–water partition coefficient (Wildman–Crippen LogP) is 3.54. The van der Waals surface area contributed by atoms with E-state index in [1.807, 2.05) is 22.8 Å². The van der Waals surface area contributed by atoms with Crippen LogP contribution in [0.3, 0.4) is 0 Å². The lowest BCUT2D eigenvalue weighted by atomic mass is 10.1. The number of phenolic OH excluding ortho intramolecular Hbond substituents is 1. The number of nitrogens with one attached hydrogen (secondary N) is 1. The quantitative estimate of drug-likeness (QED) is 0.528. The molecule has 0 radical (unpaired) electrons. The van der Waals surface area contributed by atoms with Crippen LogP contribution in [0.4, 0.5) is 14.6 Å². The van der Waals surface area contributed by atoms with Crippen molar-refractivity contribution in [2.45, 2.75) is 6.54 Å². The molecule has 0 bridgehead atoms. The van der Waals surface area contributed by atoms with Gasteiger partial charge in [0.05, 0.1) is 11.1 Å². The number of phenols is 1. The average molecular weight is 421 g/mol. The Morgan fingerprint density at radius 3 is 2.35 bits per heavy atom. The highest BCUT2D eigenvalue weighted by atomic mass is 19.1.